The zero-order valence-corrected chi connectivity index (χ0v) is 15.0. The van der Waals surface area contributed by atoms with Crippen LogP contribution in [0, 0.1) is 0 Å². The number of nitrogens with zero attached hydrogens (tertiary/aromatic N) is 2. The number of esters is 1. The first-order chi connectivity index (χ1) is 13.1. The number of nitrogens with one attached hydrogen (secondary N) is 1. The number of methoxy groups -OCH3 is 1. The molecule has 0 unspecified atom stereocenters. The van der Waals surface area contributed by atoms with Gasteiger partial charge in [0.1, 0.15) is 5.82 Å². The molecule has 1 aromatic heterocycles. The minimum Gasteiger partial charge on any atom is -0.465 e. The first-order valence-corrected chi connectivity index (χ1v) is 8.33. The van der Waals surface area contributed by atoms with Gasteiger partial charge in [0.15, 0.2) is 0 Å². The van der Waals surface area contributed by atoms with Gasteiger partial charge in [-0.05, 0) is 48.5 Å². The number of amides is 1. The molecule has 1 N–H and O–H groups in total. The molecule has 3 rings (SSSR count). The maximum absolute atomic E-state index is 12.4. The van der Waals surface area contributed by atoms with Crippen LogP contribution in [0.5, 0.6) is 0 Å². The van der Waals surface area contributed by atoms with E-state index < -0.39 is 5.97 Å². The average Bonchev–Trinajstić information content (AvgIpc) is 2.74. The van der Waals surface area contributed by atoms with E-state index in [1.165, 1.54) is 13.3 Å². The van der Waals surface area contributed by atoms with Crippen LogP contribution in [0.25, 0.3) is 0 Å². The van der Waals surface area contributed by atoms with Crippen LogP contribution in [0.4, 0.5) is 17.2 Å². The molecule has 6 nitrogen and oxygen atoms in total. The fourth-order valence-electron chi connectivity index (χ4n) is 2.51. The number of carbonyl (C=O) groups is 2. The number of aromatic nitrogens is 1. The van der Waals surface area contributed by atoms with Crippen LogP contribution in [0.2, 0.25) is 0 Å². The van der Waals surface area contributed by atoms with Crippen LogP contribution in [0.1, 0.15) is 20.7 Å². The highest BCUT2D eigenvalue weighted by Crippen LogP contribution is 2.21. The molecule has 0 bridgehead atoms. The summed E-state index contributed by atoms with van der Waals surface area (Å²) in [5.74, 6) is 0.0395. The summed E-state index contributed by atoms with van der Waals surface area (Å²) in [6.45, 7) is 0. The zero-order valence-electron chi connectivity index (χ0n) is 15.0. The second kappa shape index (κ2) is 8.14. The molecule has 0 radical (unpaired) electrons. The van der Waals surface area contributed by atoms with Crippen molar-refractivity contribution in [1.29, 1.82) is 0 Å². The summed E-state index contributed by atoms with van der Waals surface area (Å²) in [6, 6.07) is 19.8. The lowest BCUT2D eigenvalue weighted by Gasteiger charge is -2.18. The molecule has 3 aromatic rings. The highest BCUT2D eigenvalue weighted by molar-refractivity contribution is 6.04. The number of carbonyl (C=O) groups excluding carboxylic acids is 2. The fourth-order valence-corrected chi connectivity index (χ4v) is 2.51. The normalized spacial score (nSPS) is 10.1. The SMILES string of the molecule is COC(=O)c1ccc(NC(=O)c2ccc(N(C)c3ccccc3)nc2)cc1. The predicted octanol–water partition coefficient (Wildman–Crippen LogP) is 3.89. The molecule has 1 amide bonds. The zero-order chi connectivity index (χ0) is 19.2. The van der Waals surface area contributed by atoms with Gasteiger partial charge in [-0.1, -0.05) is 18.2 Å². The summed E-state index contributed by atoms with van der Waals surface area (Å²) in [5.41, 5.74) is 2.45. The minimum atomic E-state index is -0.421. The molecule has 0 atom stereocenters. The van der Waals surface area contributed by atoms with Crippen LogP contribution in [0.15, 0.2) is 72.9 Å². The second-order valence-corrected chi connectivity index (χ2v) is 5.82. The molecule has 0 saturated carbocycles. The number of anilines is 3. The van der Waals surface area contributed by atoms with Gasteiger partial charge in [-0.3, -0.25) is 4.79 Å². The van der Waals surface area contributed by atoms with Crippen LogP contribution < -0.4 is 10.2 Å². The van der Waals surface area contributed by atoms with Crippen molar-refractivity contribution < 1.29 is 14.3 Å². The molecule has 0 aliphatic rings. The lowest BCUT2D eigenvalue weighted by Crippen LogP contribution is -2.14. The van der Waals surface area contributed by atoms with E-state index in [0.29, 0.717) is 16.8 Å². The summed E-state index contributed by atoms with van der Waals surface area (Å²) in [5, 5.41) is 2.78. The van der Waals surface area contributed by atoms with Gasteiger partial charge in [0.05, 0.1) is 18.2 Å². The third-order valence-electron chi connectivity index (χ3n) is 4.06. The number of rotatable bonds is 5. The number of benzene rings is 2. The topological polar surface area (TPSA) is 71.5 Å². The number of pyridine rings is 1. The van der Waals surface area contributed by atoms with Crippen LogP contribution in [-0.4, -0.2) is 31.0 Å². The highest BCUT2D eigenvalue weighted by atomic mass is 16.5. The third-order valence-corrected chi connectivity index (χ3v) is 4.06. The van der Waals surface area contributed by atoms with Crippen molar-refractivity contribution in [3.05, 3.63) is 84.1 Å². The fraction of sp³-hybridized carbons (Fsp3) is 0.0952. The van der Waals surface area contributed by atoms with E-state index in [1.807, 2.05) is 42.3 Å². The summed E-state index contributed by atoms with van der Waals surface area (Å²) < 4.78 is 4.65. The Morgan fingerprint density at radius 2 is 1.59 bits per heavy atom. The van der Waals surface area contributed by atoms with Crippen molar-refractivity contribution >= 4 is 29.1 Å². The van der Waals surface area contributed by atoms with Gasteiger partial charge in [-0.25, -0.2) is 9.78 Å². The standard InChI is InChI=1S/C21H19N3O3/c1-24(18-6-4-3-5-7-18)19-13-10-16(14-22-19)20(25)23-17-11-8-15(9-12-17)21(26)27-2/h3-14H,1-2H3,(H,23,25). The van der Waals surface area contributed by atoms with Crippen molar-refractivity contribution in [2.75, 3.05) is 24.4 Å². The lowest BCUT2D eigenvalue weighted by atomic mass is 10.2. The maximum atomic E-state index is 12.4. The number of hydrogen-bond donors (Lipinski definition) is 1. The molecular weight excluding hydrogens is 342 g/mol. The average molecular weight is 361 g/mol. The summed E-state index contributed by atoms with van der Waals surface area (Å²) in [4.78, 5) is 30.1. The van der Waals surface area contributed by atoms with Crippen LogP contribution in [0.3, 0.4) is 0 Å². The predicted molar refractivity (Wildman–Crippen MR) is 104 cm³/mol. The molecule has 0 aliphatic carbocycles. The smallest absolute Gasteiger partial charge is 0.337 e. The Kier molecular flexibility index (Phi) is 5.47. The van der Waals surface area contributed by atoms with E-state index in [1.54, 1.807) is 36.4 Å². The Morgan fingerprint density at radius 1 is 0.926 bits per heavy atom. The van der Waals surface area contributed by atoms with Gasteiger partial charge in [0.2, 0.25) is 0 Å². The van der Waals surface area contributed by atoms with Gasteiger partial charge < -0.3 is 15.0 Å². The molecule has 136 valence electrons. The summed E-state index contributed by atoms with van der Waals surface area (Å²) in [7, 11) is 3.24. The number of para-hydroxylation sites is 1. The van der Waals surface area contributed by atoms with Crippen molar-refractivity contribution in [3.63, 3.8) is 0 Å². The Bertz CT molecular complexity index is 923. The maximum Gasteiger partial charge on any atom is 0.337 e. The van der Waals surface area contributed by atoms with Gasteiger partial charge in [0, 0.05) is 24.6 Å². The van der Waals surface area contributed by atoms with Gasteiger partial charge in [-0.2, -0.15) is 0 Å². The molecule has 0 spiro atoms. The molecule has 0 fully saturated rings. The van der Waals surface area contributed by atoms with Crippen LogP contribution >= 0.6 is 0 Å². The van der Waals surface area contributed by atoms with E-state index in [9.17, 15) is 9.59 Å². The van der Waals surface area contributed by atoms with E-state index >= 15 is 0 Å². The molecule has 1 heterocycles. The molecule has 27 heavy (non-hydrogen) atoms. The molecule has 6 heteroatoms. The van der Waals surface area contributed by atoms with E-state index in [4.69, 9.17) is 0 Å². The van der Waals surface area contributed by atoms with Crippen LogP contribution in [-0.2, 0) is 4.74 Å². The quantitative estimate of drug-likeness (QED) is 0.698. The monoisotopic (exact) mass is 361 g/mol. The Labute approximate surface area is 157 Å². The third kappa shape index (κ3) is 4.30. The molecule has 0 saturated heterocycles. The Hall–Kier alpha value is -3.67. The van der Waals surface area contributed by atoms with Crippen molar-refractivity contribution in [2.24, 2.45) is 0 Å². The van der Waals surface area contributed by atoms with Gasteiger partial charge in [-0.15, -0.1) is 0 Å². The minimum absolute atomic E-state index is 0.276. The highest BCUT2D eigenvalue weighted by Gasteiger charge is 2.10. The summed E-state index contributed by atoms with van der Waals surface area (Å²) >= 11 is 0. The molecule has 0 aliphatic heterocycles. The first kappa shape index (κ1) is 18.1. The van der Waals surface area contributed by atoms with E-state index in [2.05, 4.69) is 15.0 Å². The molecular formula is C21H19N3O3. The van der Waals surface area contributed by atoms with E-state index in [-0.39, 0.29) is 5.91 Å². The Morgan fingerprint density at radius 3 is 2.19 bits per heavy atom. The number of ether oxygens (including phenoxy) is 1. The summed E-state index contributed by atoms with van der Waals surface area (Å²) in [6.07, 6.45) is 1.53. The van der Waals surface area contributed by atoms with Crippen molar-refractivity contribution in [1.82, 2.24) is 4.98 Å². The van der Waals surface area contributed by atoms with Gasteiger partial charge >= 0.3 is 5.97 Å². The van der Waals surface area contributed by atoms with Gasteiger partial charge in [0.25, 0.3) is 5.91 Å². The Balaban J connectivity index is 1.68. The van der Waals surface area contributed by atoms with E-state index in [0.717, 1.165) is 11.5 Å². The first-order valence-electron chi connectivity index (χ1n) is 8.33. The van der Waals surface area contributed by atoms with Crippen molar-refractivity contribution in [2.45, 2.75) is 0 Å². The lowest BCUT2D eigenvalue weighted by molar-refractivity contribution is 0.0600. The molecule has 2 aromatic carbocycles. The second-order valence-electron chi connectivity index (χ2n) is 5.82. The number of hydrogen-bond acceptors (Lipinski definition) is 5. The largest absolute Gasteiger partial charge is 0.465 e. The van der Waals surface area contributed by atoms with Crippen molar-refractivity contribution in [3.8, 4) is 0 Å².